The lowest BCUT2D eigenvalue weighted by atomic mass is 10.1. The average molecular weight is 303 g/mol. The first-order valence-electron chi connectivity index (χ1n) is 7.18. The molecule has 1 fully saturated rings. The largest absolute Gasteiger partial charge is 0.501 e. The van der Waals surface area contributed by atoms with Crippen molar-refractivity contribution in [2.24, 2.45) is 7.05 Å². The van der Waals surface area contributed by atoms with E-state index in [0.29, 0.717) is 18.9 Å². The molecule has 1 amide bonds. The first-order valence-corrected chi connectivity index (χ1v) is 7.18. The van der Waals surface area contributed by atoms with Gasteiger partial charge in [0.15, 0.2) is 17.3 Å². The smallest absolute Gasteiger partial charge is 0.294 e. The Morgan fingerprint density at radius 3 is 2.68 bits per heavy atom. The first-order chi connectivity index (χ1) is 10.6. The van der Waals surface area contributed by atoms with Gasteiger partial charge in [-0.15, -0.1) is 0 Å². The van der Waals surface area contributed by atoms with Crippen LogP contribution in [0.1, 0.15) is 29.8 Å². The Morgan fingerprint density at radius 1 is 1.32 bits per heavy atom. The van der Waals surface area contributed by atoms with E-state index in [0.717, 1.165) is 19.3 Å². The van der Waals surface area contributed by atoms with Gasteiger partial charge in [-0.1, -0.05) is 0 Å². The van der Waals surface area contributed by atoms with Crippen molar-refractivity contribution in [2.75, 3.05) is 13.1 Å². The number of hydrogen-bond donors (Lipinski definition) is 2. The molecular formula is C14H17N5O3. The van der Waals surface area contributed by atoms with E-state index in [-0.39, 0.29) is 11.5 Å². The van der Waals surface area contributed by atoms with E-state index in [1.807, 2.05) is 0 Å². The van der Waals surface area contributed by atoms with E-state index < -0.39 is 17.2 Å². The molecule has 0 bridgehead atoms. The van der Waals surface area contributed by atoms with Gasteiger partial charge < -0.3 is 19.6 Å². The van der Waals surface area contributed by atoms with E-state index >= 15 is 0 Å². The zero-order chi connectivity index (χ0) is 15.7. The summed E-state index contributed by atoms with van der Waals surface area (Å²) >= 11 is 0. The standard InChI is InChI=1S/C14H17N5O3/c1-18-8-5-15-12(18)11-16-9(10(20)13(21)17-11)14(22)19-6-3-2-4-7-19/h5,8,20H,2-4,6-7H2,1H3,(H,16,17,21). The Labute approximate surface area is 126 Å². The SMILES string of the molecule is Cn1ccnc1-c1nc(C(=O)N2CCCCC2)c(O)c(=O)[nH]1. The van der Waals surface area contributed by atoms with Crippen molar-refractivity contribution in [3.8, 4) is 17.4 Å². The van der Waals surface area contributed by atoms with E-state index in [9.17, 15) is 14.7 Å². The highest BCUT2D eigenvalue weighted by molar-refractivity contribution is 5.95. The summed E-state index contributed by atoms with van der Waals surface area (Å²) in [6, 6.07) is 0. The first kappa shape index (κ1) is 14.3. The van der Waals surface area contributed by atoms with Crippen LogP contribution in [0.2, 0.25) is 0 Å². The number of carbonyl (C=O) groups excluding carboxylic acids is 1. The van der Waals surface area contributed by atoms with Crippen LogP contribution < -0.4 is 5.56 Å². The number of likely N-dealkylation sites (tertiary alicyclic amines) is 1. The maximum Gasteiger partial charge on any atom is 0.294 e. The lowest BCUT2D eigenvalue weighted by Crippen LogP contribution is -2.37. The molecule has 2 aromatic rings. The van der Waals surface area contributed by atoms with E-state index in [2.05, 4.69) is 15.0 Å². The number of aromatic hydroxyl groups is 1. The summed E-state index contributed by atoms with van der Waals surface area (Å²) in [7, 11) is 1.75. The van der Waals surface area contributed by atoms with E-state index in [4.69, 9.17) is 0 Å². The third-order valence-electron chi connectivity index (χ3n) is 3.77. The number of piperidine rings is 1. The van der Waals surface area contributed by atoms with Crippen molar-refractivity contribution in [1.29, 1.82) is 0 Å². The Morgan fingerprint density at radius 2 is 2.05 bits per heavy atom. The Bertz CT molecular complexity index is 758. The van der Waals surface area contributed by atoms with Crippen molar-refractivity contribution in [1.82, 2.24) is 24.4 Å². The van der Waals surface area contributed by atoms with Crippen LogP contribution in [0.25, 0.3) is 11.6 Å². The third kappa shape index (κ3) is 2.47. The van der Waals surface area contributed by atoms with Crippen LogP contribution >= 0.6 is 0 Å². The molecule has 0 unspecified atom stereocenters. The maximum atomic E-state index is 12.5. The third-order valence-corrected chi connectivity index (χ3v) is 3.77. The quantitative estimate of drug-likeness (QED) is 0.841. The summed E-state index contributed by atoms with van der Waals surface area (Å²) < 4.78 is 1.67. The molecule has 1 aliphatic heterocycles. The molecule has 0 aliphatic carbocycles. The minimum atomic E-state index is -0.742. The van der Waals surface area contributed by atoms with Gasteiger partial charge in [0, 0.05) is 32.5 Å². The van der Waals surface area contributed by atoms with Gasteiger partial charge in [-0.3, -0.25) is 9.59 Å². The van der Waals surface area contributed by atoms with Gasteiger partial charge in [-0.2, -0.15) is 0 Å². The zero-order valence-electron chi connectivity index (χ0n) is 12.2. The molecule has 0 aromatic carbocycles. The van der Waals surface area contributed by atoms with Gasteiger partial charge in [0.25, 0.3) is 11.5 Å². The second-order valence-electron chi connectivity index (χ2n) is 5.33. The predicted molar refractivity (Wildman–Crippen MR) is 78.5 cm³/mol. The highest BCUT2D eigenvalue weighted by Gasteiger charge is 2.25. The minimum Gasteiger partial charge on any atom is -0.501 e. The normalized spacial score (nSPS) is 15.0. The number of aryl methyl sites for hydroxylation is 1. The van der Waals surface area contributed by atoms with Crippen LogP contribution in [0.15, 0.2) is 17.2 Å². The second-order valence-corrected chi connectivity index (χ2v) is 5.33. The van der Waals surface area contributed by atoms with E-state index in [1.165, 1.54) is 0 Å². The molecule has 8 nitrogen and oxygen atoms in total. The predicted octanol–water partition coefficient (Wildman–Crippen LogP) is 0.502. The average Bonchev–Trinajstić information content (AvgIpc) is 2.96. The molecule has 0 saturated carbocycles. The van der Waals surface area contributed by atoms with Gasteiger partial charge >= 0.3 is 0 Å². The minimum absolute atomic E-state index is 0.163. The van der Waals surface area contributed by atoms with Crippen LogP contribution in [0.4, 0.5) is 0 Å². The highest BCUT2D eigenvalue weighted by Crippen LogP contribution is 2.18. The molecule has 2 aromatic heterocycles. The number of nitrogens with zero attached hydrogens (tertiary/aromatic N) is 4. The van der Waals surface area contributed by atoms with Gasteiger partial charge in [-0.05, 0) is 19.3 Å². The van der Waals surface area contributed by atoms with Gasteiger partial charge in [0.05, 0.1) is 0 Å². The number of carbonyl (C=O) groups is 1. The zero-order valence-corrected chi connectivity index (χ0v) is 12.2. The summed E-state index contributed by atoms with van der Waals surface area (Å²) in [6.45, 7) is 1.23. The van der Waals surface area contributed by atoms with Gasteiger partial charge in [-0.25, -0.2) is 9.97 Å². The van der Waals surface area contributed by atoms with Gasteiger partial charge in [0.1, 0.15) is 0 Å². The van der Waals surface area contributed by atoms with Crippen LogP contribution in [0.3, 0.4) is 0 Å². The Hall–Kier alpha value is -2.64. The molecule has 1 aliphatic rings. The number of imidazole rings is 1. The molecule has 0 atom stereocenters. The summed E-state index contributed by atoms with van der Waals surface area (Å²) in [6.07, 6.45) is 6.18. The van der Waals surface area contributed by atoms with Crippen molar-refractivity contribution < 1.29 is 9.90 Å². The molecule has 2 N–H and O–H groups in total. The Kier molecular flexibility index (Phi) is 3.66. The molecule has 22 heavy (non-hydrogen) atoms. The lowest BCUT2D eigenvalue weighted by Gasteiger charge is -2.26. The topological polar surface area (TPSA) is 104 Å². The van der Waals surface area contributed by atoms with E-state index in [1.54, 1.807) is 28.9 Å². The number of hydrogen-bond acceptors (Lipinski definition) is 5. The molecule has 116 valence electrons. The van der Waals surface area contributed by atoms with Crippen LogP contribution in [-0.4, -0.2) is 48.5 Å². The number of amides is 1. The van der Waals surface area contributed by atoms with Crippen molar-refractivity contribution >= 4 is 5.91 Å². The van der Waals surface area contributed by atoms with Crippen molar-refractivity contribution in [2.45, 2.75) is 19.3 Å². The molecular weight excluding hydrogens is 286 g/mol. The fraction of sp³-hybridized carbons (Fsp3) is 0.429. The number of aromatic nitrogens is 4. The number of aromatic amines is 1. The van der Waals surface area contributed by atoms with Crippen molar-refractivity contribution in [3.63, 3.8) is 0 Å². The summed E-state index contributed by atoms with van der Waals surface area (Å²) in [4.78, 5) is 36.7. The summed E-state index contributed by atoms with van der Waals surface area (Å²) in [5.74, 6) is -0.479. The van der Waals surface area contributed by atoms with Crippen LogP contribution in [0.5, 0.6) is 5.75 Å². The molecule has 3 rings (SSSR count). The fourth-order valence-corrected chi connectivity index (χ4v) is 2.56. The van der Waals surface area contributed by atoms with Crippen LogP contribution in [-0.2, 0) is 7.05 Å². The number of nitrogens with one attached hydrogen (secondary N) is 1. The fourth-order valence-electron chi connectivity index (χ4n) is 2.56. The second kappa shape index (κ2) is 5.63. The molecule has 3 heterocycles. The molecule has 8 heteroatoms. The van der Waals surface area contributed by atoms with Gasteiger partial charge in [0.2, 0.25) is 5.75 Å². The highest BCUT2D eigenvalue weighted by atomic mass is 16.3. The number of rotatable bonds is 2. The molecule has 0 spiro atoms. The summed E-state index contributed by atoms with van der Waals surface area (Å²) in [5.41, 5.74) is -0.961. The number of H-pyrrole nitrogens is 1. The van der Waals surface area contributed by atoms with Crippen LogP contribution in [0, 0.1) is 0 Å². The molecule has 1 saturated heterocycles. The Balaban J connectivity index is 2.03. The summed E-state index contributed by atoms with van der Waals surface area (Å²) in [5, 5.41) is 9.91. The monoisotopic (exact) mass is 303 g/mol. The lowest BCUT2D eigenvalue weighted by molar-refractivity contribution is 0.0714. The van der Waals surface area contributed by atoms with Crippen molar-refractivity contribution in [3.05, 3.63) is 28.4 Å². The maximum absolute atomic E-state index is 12.5. The molecule has 0 radical (unpaired) electrons.